The Morgan fingerprint density at radius 1 is 1.17 bits per heavy atom. The summed E-state index contributed by atoms with van der Waals surface area (Å²) in [7, 11) is 1.65. The van der Waals surface area contributed by atoms with Gasteiger partial charge in [0.2, 0.25) is 0 Å². The number of benzene rings is 2. The fourth-order valence-electron chi connectivity index (χ4n) is 1.90. The van der Waals surface area contributed by atoms with Gasteiger partial charge < -0.3 is 9.72 Å². The lowest BCUT2D eigenvalue weighted by molar-refractivity contribution is 0.415. The zero-order valence-corrected chi connectivity index (χ0v) is 10.5. The van der Waals surface area contributed by atoms with Crippen LogP contribution in [0.3, 0.4) is 0 Å². The minimum atomic E-state index is 0.651. The van der Waals surface area contributed by atoms with Crippen LogP contribution in [0.25, 0.3) is 22.4 Å². The maximum absolute atomic E-state index is 6.11. The van der Waals surface area contributed by atoms with Gasteiger partial charge in [-0.3, -0.25) is 0 Å². The molecule has 3 rings (SSSR count). The van der Waals surface area contributed by atoms with Crippen molar-refractivity contribution >= 4 is 22.6 Å². The number of H-pyrrole nitrogens is 1. The van der Waals surface area contributed by atoms with Gasteiger partial charge >= 0.3 is 0 Å². The van der Waals surface area contributed by atoms with Crippen LogP contribution in [-0.4, -0.2) is 17.1 Å². The summed E-state index contributed by atoms with van der Waals surface area (Å²) >= 11 is 6.11. The van der Waals surface area contributed by atoms with Crippen molar-refractivity contribution in [2.24, 2.45) is 0 Å². The maximum Gasteiger partial charge on any atom is 0.138 e. The number of halogens is 1. The van der Waals surface area contributed by atoms with Crippen LogP contribution >= 0.6 is 11.6 Å². The van der Waals surface area contributed by atoms with Crippen LogP contribution in [0.4, 0.5) is 0 Å². The maximum atomic E-state index is 6.11. The third kappa shape index (κ3) is 1.83. The van der Waals surface area contributed by atoms with Crippen LogP contribution in [0.2, 0.25) is 5.02 Å². The minimum absolute atomic E-state index is 0.651. The number of nitrogens with zero attached hydrogens (tertiary/aromatic N) is 1. The number of methoxy groups -OCH3 is 1. The lowest BCUT2D eigenvalue weighted by atomic mass is 10.2. The van der Waals surface area contributed by atoms with Crippen LogP contribution in [0, 0.1) is 0 Å². The predicted molar refractivity (Wildman–Crippen MR) is 73.1 cm³/mol. The zero-order valence-electron chi connectivity index (χ0n) is 9.77. The van der Waals surface area contributed by atoms with Gasteiger partial charge in [0, 0.05) is 5.56 Å². The number of ether oxygens (including phenoxy) is 1. The van der Waals surface area contributed by atoms with E-state index in [1.54, 1.807) is 7.11 Å². The average molecular weight is 259 g/mol. The van der Waals surface area contributed by atoms with Crippen molar-refractivity contribution in [3.63, 3.8) is 0 Å². The molecular weight excluding hydrogens is 248 g/mol. The lowest BCUT2D eigenvalue weighted by Gasteiger charge is -2.01. The van der Waals surface area contributed by atoms with Gasteiger partial charge in [-0.05, 0) is 24.3 Å². The van der Waals surface area contributed by atoms with Crippen LogP contribution in [-0.2, 0) is 0 Å². The Bertz CT molecular complexity index is 706. The average Bonchev–Trinajstić information content (AvgIpc) is 2.84. The lowest BCUT2D eigenvalue weighted by Crippen LogP contribution is -1.84. The van der Waals surface area contributed by atoms with E-state index in [1.165, 1.54) is 0 Å². The summed E-state index contributed by atoms with van der Waals surface area (Å²) in [5, 5.41) is 0.651. The molecule has 0 aliphatic heterocycles. The first-order valence-electron chi connectivity index (χ1n) is 5.56. The molecular formula is C14H11ClN2O. The predicted octanol–water partition coefficient (Wildman–Crippen LogP) is 3.89. The molecule has 1 heterocycles. The summed E-state index contributed by atoms with van der Waals surface area (Å²) in [5.74, 6) is 1.59. The molecule has 0 aliphatic rings. The van der Waals surface area contributed by atoms with E-state index in [4.69, 9.17) is 16.3 Å². The van der Waals surface area contributed by atoms with Gasteiger partial charge in [0.05, 0.1) is 17.6 Å². The van der Waals surface area contributed by atoms with Crippen LogP contribution < -0.4 is 4.74 Å². The fourth-order valence-corrected chi connectivity index (χ4v) is 2.12. The molecule has 1 N–H and O–H groups in total. The highest BCUT2D eigenvalue weighted by atomic mass is 35.5. The van der Waals surface area contributed by atoms with Crippen molar-refractivity contribution in [3.05, 3.63) is 47.5 Å². The first kappa shape index (κ1) is 11.1. The van der Waals surface area contributed by atoms with Gasteiger partial charge in [0.15, 0.2) is 0 Å². The number of hydrogen-bond donors (Lipinski definition) is 1. The Balaban J connectivity index is 2.16. The molecule has 0 fully saturated rings. The van der Waals surface area contributed by atoms with Gasteiger partial charge in [0.1, 0.15) is 17.1 Å². The number of nitrogens with one attached hydrogen (secondary N) is 1. The first-order valence-corrected chi connectivity index (χ1v) is 5.94. The molecule has 3 nitrogen and oxygen atoms in total. The first-order chi connectivity index (χ1) is 8.78. The summed E-state index contributed by atoms with van der Waals surface area (Å²) in [6.07, 6.45) is 0. The molecule has 0 atom stereocenters. The van der Waals surface area contributed by atoms with E-state index in [9.17, 15) is 0 Å². The van der Waals surface area contributed by atoms with Crippen molar-refractivity contribution in [3.8, 4) is 17.1 Å². The van der Waals surface area contributed by atoms with Gasteiger partial charge in [-0.2, -0.15) is 0 Å². The highest BCUT2D eigenvalue weighted by molar-refractivity contribution is 6.34. The Kier molecular flexibility index (Phi) is 2.68. The van der Waals surface area contributed by atoms with Crippen LogP contribution in [0.1, 0.15) is 0 Å². The molecule has 1 aromatic heterocycles. The molecule has 3 aromatic rings. The van der Waals surface area contributed by atoms with Gasteiger partial charge in [-0.1, -0.05) is 29.8 Å². The number of imidazole rings is 1. The van der Waals surface area contributed by atoms with Crippen LogP contribution in [0.5, 0.6) is 5.75 Å². The number of hydrogen-bond acceptors (Lipinski definition) is 2. The topological polar surface area (TPSA) is 37.9 Å². The third-order valence-corrected chi connectivity index (χ3v) is 3.11. The Labute approximate surface area is 109 Å². The summed E-state index contributed by atoms with van der Waals surface area (Å²) in [6.45, 7) is 0. The molecule has 0 radical (unpaired) electrons. The minimum Gasteiger partial charge on any atom is -0.497 e. The van der Waals surface area contributed by atoms with Crippen molar-refractivity contribution in [2.75, 3.05) is 7.11 Å². The fraction of sp³-hybridized carbons (Fsp3) is 0.0714. The molecule has 18 heavy (non-hydrogen) atoms. The van der Waals surface area contributed by atoms with Gasteiger partial charge in [-0.15, -0.1) is 0 Å². The monoisotopic (exact) mass is 258 g/mol. The van der Waals surface area contributed by atoms with E-state index in [2.05, 4.69) is 9.97 Å². The number of aromatic nitrogens is 2. The third-order valence-electron chi connectivity index (χ3n) is 2.81. The zero-order chi connectivity index (χ0) is 12.5. The molecule has 0 aliphatic carbocycles. The quantitative estimate of drug-likeness (QED) is 0.757. The molecule has 0 spiro atoms. The highest BCUT2D eigenvalue weighted by Crippen LogP contribution is 2.27. The molecule has 90 valence electrons. The SMILES string of the molecule is COc1cccc(-c2nc3c(Cl)cccc3[nH]2)c1. The second kappa shape index (κ2) is 4.35. The number of aromatic amines is 1. The normalized spacial score (nSPS) is 10.8. The molecule has 0 saturated carbocycles. The second-order valence-electron chi connectivity index (χ2n) is 3.95. The van der Waals surface area contributed by atoms with Gasteiger partial charge in [-0.25, -0.2) is 4.98 Å². The Morgan fingerprint density at radius 2 is 2.00 bits per heavy atom. The number of fused-ring (bicyclic) bond motifs is 1. The molecule has 0 saturated heterocycles. The Morgan fingerprint density at radius 3 is 2.78 bits per heavy atom. The molecule has 0 unspecified atom stereocenters. The van der Waals surface area contributed by atoms with Crippen molar-refractivity contribution < 1.29 is 4.74 Å². The van der Waals surface area contributed by atoms with Crippen molar-refractivity contribution in [1.29, 1.82) is 0 Å². The Hall–Kier alpha value is -2.00. The smallest absolute Gasteiger partial charge is 0.138 e. The highest BCUT2D eigenvalue weighted by Gasteiger charge is 2.08. The summed E-state index contributed by atoms with van der Waals surface area (Å²) in [6, 6.07) is 13.4. The van der Waals surface area contributed by atoms with Crippen molar-refractivity contribution in [1.82, 2.24) is 9.97 Å². The number of rotatable bonds is 2. The van der Waals surface area contributed by atoms with Crippen LogP contribution in [0.15, 0.2) is 42.5 Å². The molecule has 0 amide bonds. The standard InChI is InChI=1S/C14H11ClN2O/c1-18-10-5-2-4-9(8-10)14-16-12-7-3-6-11(15)13(12)17-14/h2-8H,1H3,(H,16,17). The van der Waals surface area contributed by atoms with Gasteiger partial charge in [0.25, 0.3) is 0 Å². The number of para-hydroxylation sites is 1. The van der Waals surface area contributed by atoms with E-state index in [0.29, 0.717) is 5.02 Å². The summed E-state index contributed by atoms with van der Waals surface area (Å²) in [5.41, 5.74) is 2.69. The van der Waals surface area contributed by atoms with E-state index >= 15 is 0 Å². The van der Waals surface area contributed by atoms with E-state index in [1.807, 2.05) is 42.5 Å². The van der Waals surface area contributed by atoms with Crippen molar-refractivity contribution in [2.45, 2.75) is 0 Å². The summed E-state index contributed by atoms with van der Waals surface area (Å²) in [4.78, 5) is 7.77. The molecule has 0 bridgehead atoms. The molecule has 2 aromatic carbocycles. The molecule has 4 heteroatoms. The van der Waals surface area contributed by atoms with E-state index in [-0.39, 0.29) is 0 Å². The second-order valence-corrected chi connectivity index (χ2v) is 4.36. The largest absolute Gasteiger partial charge is 0.497 e. The van der Waals surface area contributed by atoms with E-state index < -0.39 is 0 Å². The summed E-state index contributed by atoms with van der Waals surface area (Å²) < 4.78 is 5.21. The van der Waals surface area contributed by atoms with E-state index in [0.717, 1.165) is 28.2 Å².